The maximum atomic E-state index is 5.78. The van der Waals surface area contributed by atoms with Crippen LogP contribution < -0.4 is 10.1 Å². The Morgan fingerprint density at radius 2 is 2.28 bits per heavy atom. The van der Waals surface area contributed by atoms with Crippen molar-refractivity contribution in [2.75, 3.05) is 18.1 Å². The lowest BCUT2D eigenvalue weighted by molar-refractivity contribution is 0.294. The summed E-state index contributed by atoms with van der Waals surface area (Å²) in [6.07, 6.45) is 2.68. The quantitative estimate of drug-likeness (QED) is 0.905. The molecule has 0 spiro atoms. The Kier molecular flexibility index (Phi) is 3.80. The smallest absolute Gasteiger partial charge is 0.122 e. The van der Waals surface area contributed by atoms with Crippen LogP contribution >= 0.6 is 11.8 Å². The third kappa shape index (κ3) is 2.52. The molecular formula is C15H21NOS. The first-order valence-electron chi connectivity index (χ1n) is 6.90. The van der Waals surface area contributed by atoms with E-state index in [9.17, 15) is 0 Å². The summed E-state index contributed by atoms with van der Waals surface area (Å²) < 4.78 is 5.78. The fourth-order valence-corrected chi connectivity index (χ4v) is 4.05. The second kappa shape index (κ2) is 5.54. The number of para-hydroxylation sites is 1. The van der Waals surface area contributed by atoms with Gasteiger partial charge in [-0.25, -0.2) is 0 Å². The third-order valence-corrected chi connectivity index (χ3v) is 5.21. The first kappa shape index (κ1) is 12.4. The van der Waals surface area contributed by atoms with Crippen molar-refractivity contribution in [3.63, 3.8) is 0 Å². The maximum Gasteiger partial charge on any atom is 0.122 e. The van der Waals surface area contributed by atoms with Gasteiger partial charge in [0.15, 0.2) is 0 Å². The van der Waals surface area contributed by atoms with Crippen molar-refractivity contribution < 1.29 is 4.74 Å². The van der Waals surface area contributed by atoms with Gasteiger partial charge in [-0.2, -0.15) is 11.8 Å². The topological polar surface area (TPSA) is 21.3 Å². The van der Waals surface area contributed by atoms with Gasteiger partial charge in [0.05, 0.1) is 6.61 Å². The van der Waals surface area contributed by atoms with E-state index in [4.69, 9.17) is 4.74 Å². The number of benzene rings is 1. The van der Waals surface area contributed by atoms with Crippen LogP contribution in [0, 0.1) is 0 Å². The number of rotatable bonds is 3. The van der Waals surface area contributed by atoms with Crippen LogP contribution in [0.15, 0.2) is 24.3 Å². The van der Waals surface area contributed by atoms with Gasteiger partial charge in [0, 0.05) is 29.3 Å². The number of thioether (sulfide) groups is 1. The second-order valence-corrected chi connectivity index (χ2v) is 6.47. The summed E-state index contributed by atoms with van der Waals surface area (Å²) in [7, 11) is 0. The maximum absolute atomic E-state index is 5.78. The summed E-state index contributed by atoms with van der Waals surface area (Å²) in [5.41, 5.74) is 1.38. The summed E-state index contributed by atoms with van der Waals surface area (Å²) in [5.74, 6) is 4.18. The molecule has 2 nitrogen and oxygen atoms in total. The fraction of sp³-hybridized carbons (Fsp3) is 0.600. The van der Waals surface area contributed by atoms with E-state index in [1.54, 1.807) is 0 Å². The molecule has 3 atom stereocenters. The lowest BCUT2D eigenvalue weighted by atomic mass is 9.93. The summed E-state index contributed by atoms with van der Waals surface area (Å²) in [6.45, 7) is 3.13. The van der Waals surface area contributed by atoms with Crippen LogP contribution in [-0.2, 0) is 0 Å². The van der Waals surface area contributed by atoms with E-state index in [1.807, 2.05) is 0 Å². The average molecular weight is 263 g/mol. The number of hydrogen-bond donors (Lipinski definition) is 1. The van der Waals surface area contributed by atoms with Crippen molar-refractivity contribution in [1.82, 2.24) is 5.32 Å². The minimum Gasteiger partial charge on any atom is -0.493 e. The van der Waals surface area contributed by atoms with Crippen molar-refractivity contribution in [1.29, 1.82) is 0 Å². The lowest BCUT2D eigenvalue weighted by Gasteiger charge is -2.29. The van der Waals surface area contributed by atoms with Gasteiger partial charge >= 0.3 is 0 Å². The van der Waals surface area contributed by atoms with Gasteiger partial charge in [-0.3, -0.25) is 0 Å². The SMILES string of the molecule is C[C@H](N[C@H]1CCCSC1)[C@H]1COc2ccccc21. The lowest BCUT2D eigenvalue weighted by Crippen LogP contribution is -2.43. The van der Waals surface area contributed by atoms with Gasteiger partial charge < -0.3 is 10.1 Å². The summed E-state index contributed by atoms with van der Waals surface area (Å²) >= 11 is 2.08. The molecule has 3 heteroatoms. The molecule has 0 amide bonds. The van der Waals surface area contributed by atoms with E-state index in [0.29, 0.717) is 18.0 Å². The van der Waals surface area contributed by atoms with Crippen LogP contribution in [0.2, 0.25) is 0 Å². The average Bonchev–Trinajstić information content (AvgIpc) is 2.84. The Balaban J connectivity index is 1.64. The van der Waals surface area contributed by atoms with Gasteiger partial charge in [-0.1, -0.05) is 18.2 Å². The zero-order valence-corrected chi connectivity index (χ0v) is 11.7. The van der Waals surface area contributed by atoms with Crippen LogP contribution in [0.3, 0.4) is 0 Å². The molecule has 0 unspecified atom stereocenters. The fourth-order valence-electron chi connectivity index (χ4n) is 2.96. The number of ether oxygens (including phenoxy) is 1. The first-order valence-corrected chi connectivity index (χ1v) is 8.05. The highest BCUT2D eigenvalue weighted by atomic mass is 32.2. The summed E-state index contributed by atoms with van der Waals surface area (Å²) in [5, 5.41) is 3.80. The number of hydrogen-bond acceptors (Lipinski definition) is 3. The molecular weight excluding hydrogens is 242 g/mol. The van der Waals surface area contributed by atoms with Gasteiger partial charge in [0.25, 0.3) is 0 Å². The highest BCUT2D eigenvalue weighted by Gasteiger charge is 2.30. The molecule has 18 heavy (non-hydrogen) atoms. The van der Waals surface area contributed by atoms with Crippen LogP contribution in [0.5, 0.6) is 5.75 Å². The van der Waals surface area contributed by atoms with Crippen LogP contribution in [0.25, 0.3) is 0 Å². The standard InChI is InChI=1S/C15H21NOS/c1-11(16-12-5-4-8-18-10-12)14-9-17-15-7-3-2-6-13(14)15/h2-3,6-7,11-12,14,16H,4-5,8-10H2,1H3/t11-,12-,14+/m0/s1. The predicted octanol–water partition coefficient (Wildman–Crippen LogP) is 3.04. The van der Waals surface area contributed by atoms with Gasteiger partial charge in [-0.15, -0.1) is 0 Å². The Labute approximate surface area is 113 Å². The van der Waals surface area contributed by atoms with Gasteiger partial charge in [-0.05, 0) is 31.6 Å². The molecule has 98 valence electrons. The molecule has 1 fully saturated rings. The van der Waals surface area contributed by atoms with Crippen LogP contribution in [0.1, 0.15) is 31.2 Å². The molecule has 0 bridgehead atoms. The zero-order chi connectivity index (χ0) is 12.4. The van der Waals surface area contributed by atoms with E-state index < -0.39 is 0 Å². The molecule has 1 aromatic carbocycles. The molecule has 2 aliphatic rings. The Morgan fingerprint density at radius 3 is 3.11 bits per heavy atom. The molecule has 1 N–H and O–H groups in total. The van der Waals surface area contributed by atoms with E-state index in [-0.39, 0.29) is 0 Å². The Morgan fingerprint density at radius 1 is 1.39 bits per heavy atom. The van der Waals surface area contributed by atoms with Crippen molar-refractivity contribution in [3.8, 4) is 5.75 Å². The van der Waals surface area contributed by atoms with Crippen LogP contribution in [0.4, 0.5) is 0 Å². The molecule has 2 aliphatic heterocycles. The van der Waals surface area contributed by atoms with Crippen LogP contribution in [-0.4, -0.2) is 30.2 Å². The predicted molar refractivity (Wildman–Crippen MR) is 77.6 cm³/mol. The molecule has 0 aromatic heterocycles. The molecule has 1 saturated heterocycles. The normalized spacial score (nSPS) is 28.5. The van der Waals surface area contributed by atoms with Gasteiger partial charge in [0.1, 0.15) is 5.75 Å². The van der Waals surface area contributed by atoms with E-state index in [0.717, 1.165) is 12.4 Å². The van der Waals surface area contributed by atoms with Crippen molar-refractivity contribution >= 4 is 11.8 Å². The van der Waals surface area contributed by atoms with Crippen molar-refractivity contribution in [2.45, 2.75) is 37.8 Å². The Bertz CT molecular complexity index is 403. The van der Waals surface area contributed by atoms with E-state index in [1.165, 1.54) is 29.9 Å². The van der Waals surface area contributed by atoms with E-state index >= 15 is 0 Å². The van der Waals surface area contributed by atoms with Crippen molar-refractivity contribution in [3.05, 3.63) is 29.8 Å². The third-order valence-electron chi connectivity index (χ3n) is 4.00. The number of nitrogens with one attached hydrogen (secondary N) is 1. The Hall–Kier alpha value is -0.670. The molecule has 3 rings (SSSR count). The minimum absolute atomic E-state index is 0.498. The van der Waals surface area contributed by atoms with Gasteiger partial charge in [0.2, 0.25) is 0 Å². The first-order chi connectivity index (χ1) is 8.84. The summed E-state index contributed by atoms with van der Waals surface area (Å²) in [4.78, 5) is 0. The molecule has 0 aliphatic carbocycles. The molecule has 0 saturated carbocycles. The molecule has 1 aromatic rings. The summed E-state index contributed by atoms with van der Waals surface area (Å²) in [6, 6.07) is 9.64. The monoisotopic (exact) mass is 263 g/mol. The highest BCUT2D eigenvalue weighted by Crippen LogP contribution is 2.35. The minimum atomic E-state index is 0.498. The van der Waals surface area contributed by atoms with E-state index in [2.05, 4.69) is 48.3 Å². The number of fused-ring (bicyclic) bond motifs is 1. The van der Waals surface area contributed by atoms with Crippen molar-refractivity contribution in [2.24, 2.45) is 0 Å². The zero-order valence-electron chi connectivity index (χ0n) is 10.9. The highest BCUT2D eigenvalue weighted by molar-refractivity contribution is 7.99. The molecule has 2 heterocycles. The second-order valence-electron chi connectivity index (χ2n) is 5.32. The molecule has 0 radical (unpaired) electrons. The largest absolute Gasteiger partial charge is 0.493 e.